The third-order valence-electron chi connectivity index (χ3n) is 9.28. The lowest BCUT2D eigenvalue weighted by Crippen LogP contribution is -2.26. The van der Waals surface area contributed by atoms with E-state index in [4.69, 9.17) is 9.47 Å². The number of amides is 2. The predicted octanol–water partition coefficient (Wildman–Crippen LogP) is 4.23. The highest BCUT2D eigenvalue weighted by atomic mass is 16.5. The molecule has 0 bridgehead atoms. The Morgan fingerprint density at radius 3 is 1.36 bits per heavy atom. The topological polar surface area (TPSA) is 183 Å². The molecule has 0 unspecified atom stereocenters. The van der Waals surface area contributed by atoms with E-state index in [1.54, 1.807) is 13.8 Å². The molecule has 4 rings (SSSR count). The van der Waals surface area contributed by atoms with Gasteiger partial charge in [-0.05, 0) is 86.1 Å². The molecule has 2 aromatic heterocycles. The zero-order valence-corrected chi connectivity index (χ0v) is 28.2. The van der Waals surface area contributed by atoms with Gasteiger partial charge in [0, 0.05) is 78.8 Å². The van der Waals surface area contributed by atoms with Crippen molar-refractivity contribution >= 4 is 35.9 Å². The summed E-state index contributed by atoms with van der Waals surface area (Å²) in [6.07, 6.45) is 3.26. The molecule has 12 nitrogen and oxygen atoms in total. The summed E-state index contributed by atoms with van der Waals surface area (Å²) in [5.74, 6) is -2.51. The quantitative estimate of drug-likeness (QED) is 0.176. The Balaban J connectivity index is 1.88. The largest absolute Gasteiger partial charge is 0.479 e. The number of aromatic nitrogens is 2. The second-order valence-electron chi connectivity index (χ2n) is 11.9. The number of allylic oxidation sites excluding steroid dienone is 2. The monoisotopic (exact) mass is 648 g/mol. The molecular weight excluding hydrogens is 604 g/mol. The molecule has 6 N–H and O–H groups in total. The Hall–Kier alpha value is -4.68. The third-order valence-corrected chi connectivity index (χ3v) is 9.28. The molecule has 0 fully saturated rings. The van der Waals surface area contributed by atoms with Crippen molar-refractivity contribution in [3.63, 3.8) is 0 Å². The van der Waals surface area contributed by atoms with E-state index in [0.29, 0.717) is 58.2 Å². The average molecular weight is 649 g/mol. The van der Waals surface area contributed by atoms with E-state index in [0.717, 1.165) is 33.4 Å². The summed E-state index contributed by atoms with van der Waals surface area (Å²) < 4.78 is 10.6. The zero-order chi connectivity index (χ0) is 34.7. The van der Waals surface area contributed by atoms with Gasteiger partial charge in [0.2, 0.25) is 0 Å². The van der Waals surface area contributed by atoms with Crippen molar-refractivity contribution in [2.45, 2.75) is 85.9 Å². The molecule has 2 aliphatic rings. The first kappa shape index (κ1) is 35.2. The van der Waals surface area contributed by atoms with Crippen LogP contribution in [0.5, 0.6) is 0 Å². The highest BCUT2D eigenvalue weighted by molar-refractivity contribution is 6.01. The van der Waals surface area contributed by atoms with Crippen molar-refractivity contribution in [2.75, 3.05) is 14.2 Å². The van der Waals surface area contributed by atoms with Crippen molar-refractivity contribution in [3.8, 4) is 0 Å². The van der Waals surface area contributed by atoms with Crippen LogP contribution in [0, 0.1) is 13.8 Å². The number of rotatable bonds is 14. The van der Waals surface area contributed by atoms with Gasteiger partial charge in [0.15, 0.2) is 12.2 Å². The molecule has 0 radical (unpaired) electrons. The molecule has 0 saturated carbocycles. The normalized spacial score (nSPS) is 18.0. The van der Waals surface area contributed by atoms with Crippen molar-refractivity contribution in [2.24, 2.45) is 0 Å². The molecule has 12 heteroatoms. The lowest BCUT2D eigenvalue weighted by atomic mass is 9.96. The van der Waals surface area contributed by atoms with E-state index in [1.807, 2.05) is 39.8 Å². The summed E-state index contributed by atoms with van der Waals surface area (Å²) in [6.45, 7) is 11.3. The number of nitrogens with one attached hydrogen (secondary N) is 4. The highest BCUT2D eigenvalue weighted by Gasteiger charge is 2.29. The van der Waals surface area contributed by atoms with Gasteiger partial charge in [-0.15, -0.1) is 0 Å². The number of carbonyl (C=O) groups is 4. The zero-order valence-electron chi connectivity index (χ0n) is 28.2. The van der Waals surface area contributed by atoms with Crippen molar-refractivity contribution in [1.82, 2.24) is 20.6 Å². The van der Waals surface area contributed by atoms with Gasteiger partial charge in [0.05, 0.1) is 0 Å². The van der Waals surface area contributed by atoms with Crippen LogP contribution in [0.2, 0.25) is 0 Å². The van der Waals surface area contributed by atoms with Crippen molar-refractivity contribution < 1.29 is 38.9 Å². The number of ether oxygens (including phenoxy) is 2. The van der Waals surface area contributed by atoms with E-state index in [1.165, 1.54) is 14.2 Å². The first-order valence-corrected chi connectivity index (χ1v) is 15.6. The minimum Gasteiger partial charge on any atom is -0.479 e. The average Bonchev–Trinajstić information content (AvgIpc) is 3.67. The van der Waals surface area contributed by atoms with Gasteiger partial charge in [-0.3, -0.25) is 9.59 Å². The summed E-state index contributed by atoms with van der Waals surface area (Å²) in [7, 11) is 2.70. The Morgan fingerprint density at radius 2 is 1.06 bits per heavy atom. The van der Waals surface area contributed by atoms with Gasteiger partial charge in [-0.2, -0.15) is 0 Å². The van der Waals surface area contributed by atoms with Gasteiger partial charge in [0.25, 0.3) is 11.8 Å². The van der Waals surface area contributed by atoms with E-state index < -0.39 is 24.1 Å². The minimum atomic E-state index is -1.10. The van der Waals surface area contributed by atoms with E-state index in [2.05, 4.69) is 20.6 Å². The second kappa shape index (κ2) is 14.4. The molecule has 47 heavy (non-hydrogen) atoms. The van der Waals surface area contributed by atoms with Crippen LogP contribution < -0.4 is 10.6 Å². The summed E-state index contributed by atoms with van der Waals surface area (Å²) in [4.78, 5) is 55.9. The molecule has 2 aliphatic heterocycles. The number of carboxylic acids is 2. The Labute approximate surface area is 274 Å². The van der Waals surface area contributed by atoms with Crippen LogP contribution in [0.3, 0.4) is 0 Å². The van der Waals surface area contributed by atoms with Crippen LogP contribution in [-0.2, 0) is 47.9 Å². The number of hydrogen-bond acceptors (Lipinski definition) is 6. The molecule has 2 aromatic rings. The fourth-order valence-corrected chi connectivity index (χ4v) is 6.38. The Morgan fingerprint density at radius 1 is 0.702 bits per heavy atom. The van der Waals surface area contributed by atoms with Crippen LogP contribution >= 0.6 is 0 Å². The number of H-pyrrole nitrogens is 2. The fourth-order valence-electron chi connectivity index (χ4n) is 6.38. The number of aliphatic carboxylic acids is 2. The van der Waals surface area contributed by atoms with E-state index in [-0.39, 0.29) is 31.1 Å². The van der Waals surface area contributed by atoms with Gasteiger partial charge in [-0.1, -0.05) is 13.8 Å². The molecule has 0 aliphatic carbocycles. The van der Waals surface area contributed by atoms with E-state index >= 15 is 0 Å². The Kier molecular flexibility index (Phi) is 10.8. The second-order valence-corrected chi connectivity index (χ2v) is 11.9. The molecule has 2 atom stereocenters. The first-order valence-electron chi connectivity index (χ1n) is 15.6. The number of aromatic amines is 2. The molecule has 4 heterocycles. The SMILES string of the molecule is CCC1=C(C)C(=O)N/C1=C\c1[nH]c(Cc2[nH]c(/C=C3\NC(=O)C(C)=C3CC)c(C)c2C[C@@H](OC)C(=O)O)c(C[C@@H](OC)C(=O)O)c1C. The van der Waals surface area contributed by atoms with Crippen LogP contribution in [0.25, 0.3) is 12.2 Å². The molecule has 0 spiro atoms. The molecule has 252 valence electrons. The number of carbonyl (C=O) groups excluding carboxylic acids is 2. The van der Waals surface area contributed by atoms with Gasteiger partial charge in [-0.25, -0.2) is 9.59 Å². The minimum absolute atomic E-state index is 0.0756. The highest BCUT2D eigenvalue weighted by Crippen LogP contribution is 2.32. The van der Waals surface area contributed by atoms with Crippen molar-refractivity contribution in [1.29, 1.82) is 0 Å². The van der Waals surface area contributed by atoms with Crippen LogP contribution in [0.1, 0.15) is 85.6 Å². The maximum Gasteiger partial charge on any atom is 0.333 e. The molecular formula is C35H44N4O8. The van der Waals surface area contributed by atoms with Gasteiger partial charge >= 0.3 is 11.9 Å². The van der Waals surface area contributed by atoms with Crippen LogP contribution in [0.4, 0.5) is 0 Å². The first-order chi connectivity index (χ1) is 22.3. The molecule has 0 aromatic carbocycles. The van der Waals surface area contributed by atoms with Crippen LogP contribution in [-0.4, -0.2) is 70.4 Å². The summed E-state index contributed by atoms with van der Waals surface area (Å²) in [6, 6.07) is 0. The standard InChI is InChI=1S/C35H44N4O8/c1-9-20-18(5)32(40)38-26(20)13-24-16(3)22(11-30(46-7)34(42)43)28(36-24)15-29-23(12-31(47-8)35(44)45)17(4)25(37-29)14-27-21(10-2)19(6)33(41)39-27/h13-14,30-31,36-37H,9-12,15H2,1-8H3,(H,38,40)(H,39,41)(H,42,43)(H,44,45)/b26-13-,27-14-/t30-,31-/m1/s1. The summed E-state index contributed by atoms with van der Waals surface area (Å²) in [5, 5.41) is 25.5. The number of hydrogen-bond donors (Lipinski definition) is 6. The molecule has 2 amide bonds. The van der Waals surface area contributed by atoms with Gasteiger partial charge in [0.1, 0.15) is 0 Å². The lowest BCUT2D eigenvalue weighted by Gasteiger charge is -2.14. The van der Waals surface area contributed by atoms with Crippen LogP contribution in [0.15, 0.2) is 33.7 Å². The third kappa shape index (κ3) is 7.03. The summed E-state index contributed by atoms with van der Waals surface area (Å²) in [5.41, 5.74) is 10.4. The smallest absolute Gasteiger partial charge is 0.333 e. The summed E-state index contributed by atoms with van der Waals surface area (Å²) >= 11 is 0. The Bertz CT molecular complexity index is 1620. The molecule has 0 saturated heterocycles. The van der Waals surface area contributed by atoms with Crippen molar-refractivity contribution in [3.05, 3.63) is 78.7 Å². The van der Waals surface area contributed by atoms with E-state index in [9.17, 15) is 29.4 Å². The van der Waals surface area contributed by atoms with Gasteiger partial charge < -0.3 is 40.3 Å². The maximum absolute atomic E-state index is 12.4. The lowest BCUT2D eigenvalue weighted by molar-refractivity contribution is -0.149. The number of carboxylic acid groups (broad SMARTS) is 2. The maximum atomic E-state index is 12.4. The predicted molar refractivity (Wildman–Crippen MR) is 176 cm³/mol. The fraction of sp³-hybridized carbons (Fsp3) is 0.429. The number of methoxy groups -OCH3 is 2.